The maximum atomic E-state index is 12.5. The Balaban J connectivity index is 1.97. The van der Waals surface area contributed by atoms with Gasteiger partial charge < -0.3 is 19.5 Å². The zero-order chi connectivity index (χ0) is 22.1. The third-order valence-electron chi connectivity index (χ3n) is 4.07. The SMILES string of the molecule is CCOc1cccc(N(CC(=O)NC(C)COc2ccc(OC)cc2)S(C)(=O)=O)c1. The first-order chi connectivity index (χ1) is 14.2. The summed E-state index contributed by atoms with van der Waals surface area (Å²) in [7, 11) is -2.08. The van der Waals surface area contributed by atoms with Crippen LogP contribution in [0, 0.1) is 0 Å². The van der Waals surface area contributed by atoms with Gasteiger partial charge in [0.1, 0.15) is 30.4 Å². The van der Waals surface area contributed by atoms with E-state index >= 15 is 0 Å². The van der Waals surface area contributed by atoms with Gasteiger partial charge >= 0.3 is 0 Å². The van der Waals surface area contributed by atoms with Gasteiger partial charge in [-0.1, -0.05) is 6.07 Å². The van der Waals surface area contributed by atoms with Crippen molar-refractivity contribution in [2.24, 2.45) is 0 Å². The van der Waals surface area contributed by atoms with Gasteiger partial charge in [-0.3, -0.25) is 9.10 Å². The third-order valence-corrected chi connectivity index (χ3v) is 5.21. The number of sulfonamides is 1. The molecule has 2 rings (SSSR count). The largest absolute Gasteiger partial charge is 0.497 e. The van der Waals surface area contributed by atoms with Crippen molar-refractivity contribution in [3.63, 3.8) is 0 Å². The second kappa shape index (κ2) is 10.7. The van der Waals surface area contributed by atoms with E-state index in [1.165, 1.54) is 0 Å². The van der Waals surface area contributed by atoms with E-state index in [1.54, 1.807) is 62.6 Å². The quantitative estimate of drug-likeness (QED) is 0.582. The van der Waals surface area contributed by atoms with E-state index in [0.29, 0.717) is 23.8 Å². The highest BCUT2D eigenvalue weighted by Gasteiger charge is 2.22. The number of methoxy groups -OCH3 is 1. The summed E-state index contributed by atoms with van der Waals surface area (Å²) in [5.74, 6) is 1.46. The number of anilines is 1. The van der Waals surface area contributed by atoms with Crippen LogP contribution in [0.1, 0.15) is 13.8 Å². The van der Waals surface area contributed by atoms with Crippen LogP contribution >= 0.6 is 0 Å². The Bertz CT molecular complexity index is 931. The fourth-order valence-corrected chi connectivity index (χ4v) is 3.53. The molecule has 1 N–H and O–H groups in total. The van der Waals surface area contributed by atoms with Crippen molar-refractivity contribution in [1.29, 1.82) is 0 Å². The molecule has 0 fully saturated rings. The predicted molar refractivity (Wildman–Crippen MR) is 116 cm³/mol. The van der Waals surface area contributed by atoms with Crippen molar-refractivity contribution in [2.45, 2.75) is 19.9 Å². The summed E-state index contributed by atoms with van der Waals surface area (Å²) in [6.07, 6.45) is 1.06. The molecule has 0 saturated heterocycles. The molecule has 0 bridgehead atoms. The Morgan fingerprint density at radius 1 is 1.07 bits per heavy atom. The van der Waals surface area contributed by atoms with Crippen LogP contribution in [0.15, 0.2) is 48.5 Å². The lowest BCUT2D eigenvalue weighted by molar-refractivity contribution is -0.120. The highest BCUT2D eigenvalue weighted by Crippen LogP contribution is 2.23. The molecule has 1 unspecified atom stereocenters. The van der Waals surface area contributed by atoms with Gasteiger partial charge in [0.25, 0.3) is 0 Å². The van der Waals surface area contributed by atoms with Crippen LogP contribution in [0.4, 0.5) is 5.69 Å². The summed E-state index contributed by atoms with van der Waals surface area (Å²) in [6, 6.07) is 13.4. The molecule has 0 saturated carbocycles. The first-order valence-corrected chi connectivity index (χ1v) is 11.3. The van der Waals surface area contributed by atoms with Crippen molar-refractivity contribution >= 4 is 21.6 Å². The van der Waals surface area contributed by atoms with Crippen LogP contribution in [-0.2, 0) is 14.8 Å². The van der Waals surface area contributed by atoms with E-state index < -0.39 is 15.9 Å². The smallest absolute Gasteiger partial charge is 0.241 e. The van der Waals surface area contributed by atoms with Gasteiger partial charge in [-0.05, 0) is 50.2 Å². The van der Waals surface area contributed by atoms with Crippen LogP contribution in [0.5, 0.6) is 17.2 Å². The number of ether oxygens (including phenoxy) is 3. The monoisotopic (exact) mass is 436 g/mol. The second-order valence-corrected chi connectivity index (χ2v) is 8.56. The fraction of sp³-hybridized carbons (Fsp3) is 0.381. The van der Waals surface area contributed by atoms with E-state index in [-0.39, 0.29) is 19.2 Å². The molecule has 2 aromatic rings. The number of nitrogens with zero attached hydrogens (tertiary/aromatic N) is 1. The summed E-state index contributed by atoms with van der Waals surface area (Å²) < 4.78 is 41.7. The summed E-state index contributed by atoms with van der Waals surface area (Å²) in [5.41, 5.74) is 0.362. The summed E-state index contributed by atoms with van der Waals surface area (Å²) in [6.45, 7) is 3.96. The number of carbonyl (C=O) groups excluding carboxylic acids is 1. The molecule has 9 heteroatoms. The highest BCUT2D eigenvalue weighted by atomic mass is 32.2. The van der Waals surface area contributed by atoms with Crippen molar-refractivity contribution in [3.8, 4) is 17.2 Å². The number of carbonyl (C=O) groups is 1. The summed E-state index contributed by atoms with van der Waals surface area (Å²) in [5, 5.41) is 2.76. The second-order valence-electron chi connectivity index (χ2n) is 6.66. The topological polar surface area (TPSA) is 94.2 Å². The van der Waals surface area contributed by atoms with E-state index in [4.69, 9.17) is 14.2 Å². The first-order valence-electron chi connectivity index (χ1n) is 9.49. The lowest BCUT2D eigenvalue weighted by atomic mass is 10.3. The third kappa shape index (κ3) is 7.14. The minimum Gasteiger partial charge on any atom is -0.497 e. The molecular weight excluding hydrogens is 408 g/mol. The number of amides is 1. The average Bonchev–Trinajstić information content (AvgIpc) is 2.70. The number of rotatable bonds is 11. The minimum atomic E-state index is -3.67. The number of benzene rings is 2. The number of hydrogen-bond donors (Lipinski definition) is 1. The molecule has 0 aliphatic heterocycles. The zero-order valence-corrected chi connectivity index (χ0v) is 18.4. The maximum Gasteiger partial charge on any atom is 0.241 e. The van der Waals surface area contributed by atoms with Gasteiger partial charge in [-0.2, -0.15) is 0 Å². The molecule has 2 aromatic carbocycles. The Hall–Kier alpha value is -2.94. The molecule has 0 aliphatic carbocycles. The van der Waals surface area contributed by atoms with Crippen LogP contribution in [0.25, 0.3) is 0 Å². The number of nitrogens with one attached hydrogen (secondary N) is 1. The Morgan fingerprint density at radius 3 is 2.33 bits per heavy atom. The van der Waals surface area contributed by atoms with E-state index in [1.807, 2.05) is 6.92 Å². The molecule has 8 nitrogen and oxygen atoms in total. The molecule has 0 heterocycles. The lowest BCUT2D eigenvalue weighted by Crippen LogP contribution is -2.44. The van der Waals surface area contributed by atoms with Gasteiger partial charge in [-0.15, -0.1) is 0 Å². The standard InChI is InChI=1S/C21H28N2O6S/c1-5-28-20-8-6-7-17(13-20)23(30(4,25)26)14-21(24)22-16(2)15-29-19-11-9-18(27-3)10-12-19/h6-13,16H,5,14-15H2,1-4H3,(H,22,24). The van der Waals surface area contributed by atoms with Crippen LogP contribution in [0.2, 0.25) is 0 Å². The Kier molecular flexibility index (Phi) is 8.35. The van der Waals surface area contributed by atoms with Gasteiger partial charge in [0.15, 0.2) is 0 Å². The Labute approximate surface area is 177 Å². The predicted octanol–water partition coefficient (Wildman–Crippen LogP) is 2.44. The highest BCUT2D eigenvalue weighted by molar-refractivity contribution is 7.92. The maximum absolute atomic E-state index is 12.5. The first kappa shape index (κ1) is 23.3. The Morgan fingerprint density at radius 2 is 1.73 bits per heavy atom. The van der Waals surface area contributed by atoms with Crippen molar-refractivity contribution in [3.05, 3.63) is 48.5 Å². The summed E-state index contributed by atoms with van der Waals surface area (Å²) in [4.78, 5) is 12.5. The molecular formula is C21H28N2O6S. The van der Waals surface area contributed by atoms with Crippen LogP contribution in [0.3, 0.4) is 0 Å². The van der Waals surface area contributed by atoms with Crippen molar-refractivity contribution in [2.75, 3.05) is 37.4 Å². The zero-order valence-electron chi connectivity index (χ0n) is 17.6. The number of hydrogen-bond acceptors (Lipinski definition) is 6. The molecule has 30 heavy (non-hydrogen) atoms. The lowest BCUT2D eigenvalue weighted by Gasteiger charge is -2.23. The minimum absolute atomic E-state index is 0.233. The van der Waals surface area contributed by atoms with E-state index in [0.717, 1.165) is 16.3 Å². The van der Waals surface area contributed by atoms with E-state index in [9.17, 15) is 13.2 Å². The molecule has 0 radical (unpaired) electrons. The molecule has 1 atom stereocenters. The van der Waals surface area contributed by atoms with E-state index in [2.05, 4.69) is 5.32 Å². The van der Waals surface area contributed by atoms with Crippen molar-refractivity contribution < 1.29 is 27.4 Å². The van der Waals surface area contributed by atoms with Crippen LogP contribution in [-0.4, -0.2) is 53.5 Å². The van der Waals surface area contributed by atoms with Crippen molar-refractivity contribution in [1.82, 2.24) is 5.32 Å². The molecule has 0 aliphatic rings. The normalized spacial score (nSPS) is 12.0. The summed E-state index contributed by atoms with van der Waals surface area (Å²) >= 11 is 0. The van der Waals surface area contributed by atoms with Crippen LogP contribution < -0.4 is 23.8 Å². The fourth-order valence-electron chi connectivity index (χ4n) is 2.68. The van der Waals surface area contributed by atoms with Gasteiger partial charge in [0.2, 0.25) is 15.9 Å². The molecule has 1 amide bonds. The average molecular weight is 437 g/mol. The molecule has 0 spiro atoms. The van der Waals surface area contributed by atoms with Gasteiger partial charge in [0.05, 0.1) is 31.7 Å². The molecule has 0 aromatic heterocycles. The molecule has 164 valence electrons. The van der Waals surface area contributed by atoms with Gasteiger partial charge in [0, 0.05) is 6.07 Å². The van der Waals surface area contributed by atoms with Gasteiger partial charge in [-0.25, -0.2) is 8.42 Å².